The van der Waals surface area contributed by atoms with Crippen molar-refractivity contribution in [2.45, 2.75) is 221 Å². The van der Waals surface area contributed by atoms with Crippen LogP contribution in [0, 0.1) is 72.0 Å². The van der Waals surface area contributed by atoms with E-state index in [0.717, 1.165) is 12.8 Å². The summed E-state index contributed by atoms with van der Waals surface area (Å²) in [4.78, 5) is 142. The molecule has 8 aromatic rings. The van der Waals surface area contributed by atoms with Gasteiger partial charge in [-0.2, -0.15) is 9.97 Å². The van der Waals surface area contributed by atoms with Gasteiger partial charge in [0.15, 0.2) is 69.6 Å². The van der Waals surface area contributed by atoms with Crippen molar-refractivity contribution in [2.24, 2.45) is 47.3 Å². The third-order valence-electron chi connectivity index (χ3n) is 22.0. The minimum atomic E-state index is -0.920. The number of nitrogens with one attached hydrogen (secondary N) is 6. The van der Waals surface area contributed by atoms with Crippen LogP contribution in [0.25, 0.3) is 44.7 Å². The number of aliphatic hydroxyl groups excluding tert-OH is 2. The molecule has 0 radical (unpaired) electrons. The van der Waals surface area contributed by atoms with Crippen molar-refractivity contribution < 1.29 is 57.8 Å². The number of nitrogens with zero attached hydrogens (tertiary/aromatic N) is 12. The van der Waals surface area contributed by atoms with Gasteiger partial charge in [-0.3, -0.25) is 77.2 Å². The van der Waals surface area contributed by atoms with E-state index in [-0.39, 0.29) is 147 Å². The number of aromatic amines is 4. The van der Waals surface area contributed by atoms with Crippen molar-refractivity contribution >= 4 is 79.9 Å². The highest BCUT2D eigenvalue weighted by Gasteiger charge is 2.64. The standard InChI is InChI=1S/2C19H24N4O4.2C18H23N5O4/c1-6-19-10(4)15(26-11(19)5)18(27-19)23-8-20-16-14(23)17(25)22-13(21-16)7-12(24)9(2)3;1-6-19(7-2)11(5)15(25)18(27-19)23-9-20-16-14(23)17(26)22-13(21-16)8-12(24)10(3)4;1-6-18-9(4)12(26-10(18)5)16(27-18)23-7-19-11-13(23)20-17(22-15(11)25)21-14(24)8(2)3;1-6-18(7-2)10(5)12(24)16(27-18)23-8-19-11-13(23)20-17(22-15(11)26)21-14(25)9(3)4/h8-10,15,18H,5-7H2,1-4H3,(H,21,22,25);1,9-11,15,18,25H,7-8H2,2-5H3,(H,21,22,26);7-9,12,16H,5-6H2,1-4H3,(H2,20,21,22,24,25);1,8-10,12,16,24H,7H2,2-5H3,(H2,20,21,22,25,26)/t10?,15-,18+,19+;11?,15-,18+,19+;9?,12-,16+,18+;10?,12-,16+,18+/m0000/s1. The number of hydrogen-bond acceptors (Lipinski definition) is 24. The highest BCUT2D eigenvalue weighted by atomic mass is 16.6. The van der Waals surface area contributed by atoms with Crippen LogP contribution in [0.2, 0.25) is 0 Å². The topological polar surface area (TPSA) is 442 Å². The first-order valence-corrected chi connectivity index (χ1v) is 36.3. The number of ketones is 2. The molecule has 0 saturated carbocycles. The van der Waals surface area contributed by atoms with E-state index in [9.17, 15) is 48.6 Å². The van der Waals surface area contributed by atoms with E-state index < -0.39 is 76.2 Å². The van der Waals surface area contributed by atoms with Gasteiger partial charge in [-0.15, -0.1) is 12.8 Å². The van der Waals surface area contributed by atoms with E-state index in [1.54, 1.807) is 57.0 Å². The summed E-state index contributed by atoms with van der Waals surface area (Å²) in [6.45, 7) is 37.8. The van der Waals surface area contributed by atoms with Gasteiger partial charge < -0.3 is 48.6 Å². The van der Waals surface area contributed by atoms with Crippen molar-refractivity contribution in [3.63, 3.8) is 0 Å². The number of aliphatic hydroxyl groups is 2. The molecule has 0 spiro atoms. The Hall–Kier alpha value is -10.4. The van der Waals surface area contributed by atoms with Crippen LogP contribution < -0.4 is 32.9 Å². The highest BCUT2D eigenvalue weighted by Crippen LogP contribution is 2.57. The smallest absolute Gasteiger partial charge is 0.280 e. The van der Waals surface area contributed by atoms with E-state index in [2.05, 4.69) is 109 Å². The number of carbonyl (C=O) groups excluding carboxylic acids is 4. The van der Waals surface area contributed by atoms with Crippen LogP contribution in [0.4, 0.5) is 11.9 Å². The zero-order valence-electron chi connectivity index (χ0n) is 63.3. The molecular formula is C74H94N18O16. The number of terminal acetylenes is 2. The summed E-state index contributed by atoms with van der Waals surface area (Å²) in [5, 5.41) is 26.5. The van der Waals surface area contributed by atoms with Gasteiger partial charge in [-0.1, -0.05) is 136 Å². The summed E-state index contributed by atoms with van der Waals surface area (Å²) in [6, 6.07) is 0. The summed E-state index contributed by atoms with van der Waals surface area (Å²) in [5.74, 6) is 5.52. The molecule has 16 atom stereocenters. The third-order valence-corrected chi connectivity index (χ3v) is 22.0. The minimum Gasteiger partial charge on any atom is -0.487 e. The fraction of sp³-hybridized carbons (Fsp3) is 0.568. The number of anilines is 2. The fourth-order valence-electron chi connectivity index (χ4n) is 14.7. The van der Waals surface area contributed by atoms with Gasteiger partial charge >= 0.3 is 0 Å². The first kappa shape index (κ1) is 78.7. The maximum Gasteiger partial charge on any atom is 0.280 e. The molecule has 14 rings (SSSR count). The molecule has 6 saturated heterocycles. The Balaban J connectivity index is 0.000000143. The molecule has 0 aromatic carbocycles. The Morgan fingerprint density at radius 3 is 1.19 bits per heavy atom. The van der Waals surface area contributed by atoms with E-state index in [4.69, 9.17) is 41.3 Å². The normalized spacial score (nSPS) is 28.7. The Kier molecular flexibility index (Phi) is 21.9. The Morgan fingerprint density at radius 2 is 0.852 bits per heavy atom. The monoisotopic (exact) mass is 1490 g/mol. The molecule has 4 unspecified atom stereocenters. The molecule has 108 heavy (non-hydrogen) atoms. The van der Waals surface area contributed by atoms with Crippen molar-refractivity contribution in [2.75, 3.05) is 10.6 Å². The summed E-state index contributed by atoms with van der Waals surface area (Å²) in [6.07, 6.45) is 14.9. The largest absolute Gasteiger partial charge is 0.487 e. The first-order chi connectivity index (χ1) is 51.0. The maximum absolute atomic E-state index is 12.7. The summed E-state index contributed by atoms with van der Waals surface area (Å²) < 4.78 is 42.9. The lowest BCUT2D eigenvalue weighted by molar-refractivity contribution is -0.136. The maximum atomic E-state index is 12.7. The zero-order chi connectivity index (χ0) is 78.9. The number of fused-ring (bicyclic) bond motifs is 8. The van der Waals surface area contributed by atoms with Gasteiger partial charge in [0.2, 0.25) is 23.7 Å². The van der Waals surface area contributed by atoms with E-state index in [0.29, 0.717) is 47.0 Å². The molecule has 576 valence electrons. The molecule has 0 aliphatic carbocycles. The minimum absolute atomic E-state index is 0.00666. The predicted octanol–water partition coefficient (Wildman–Crippen LogP) is 6.27. The number of ether oxygens (including phenoxy) is 6. The van der Waals surface area contributed by atoms with E-state index in [1.807, 2.05) is 55.4 Å². The lowest BCUT2D eigenvalue weighted by atomic mass is 9.85. The van der Waals surface area contributed by atoms with Crippen LogP contribution in [0.1, 0.15) is 173 Å². The molecule has 8 aromatic heterocycles. The lowest BCUT2D eigenvalue weighted by Crippen LogP contribution is -2.34. The average Bonchev–Trinajstić information content (AvgIpc) is 1.56. The van der Waals surface area contributed by atoms with E-state index in [1.165, 1.54) is 28.1 Å². The molecule has 14 heterocycles. The number of amides is 2. The average molecular weight is 1490 g/mol. The van der Waals surface area contributed by atoms with Gasteiger partial charge in [0, 0.05) is 47.3 Å². The number of imidazole rings is 4. The summed E-state index contributed by atoms with van der Waals surface area (Å²) >= 11 is 0. The molecule has 34 nitrogen and oxygen atoms in total. The molecule has 6 aliphatic heterocycles. The third kappa shape index (κ3) is 13.5. The second-order valence-electron chi connectivity index (χ2n) is 29.5. The van der Waals surface area contributed by atoms with Crippen LogP contribution in [0.5, 0.6) is 0 Å². The van der Waals surface area contributed by atoms with E-state index >= 15 is 0 Å². The first-order valence-electron chi connectivity index (χ1n) is 36.3. The lowest BCUT2D eigenvalue weighted by Gasteiger charge is -2.32. The molecule has 6 aliphatic rings. The number of carbonyl (C=O) groups is 4. The Labute approximate surface area is 620 Å². The Bertz CT molecular complexity index is 5200. The van der Waals surface area contributed by atoms with Gasteiger partial charge in [-0.05, 0) is 25.7 Å². The quantitative estimate of drug-likeness (QED) is 0.0439. The number of hydrogen-bond donors (Lipinski definition) is 8. The van der Waals surface area contributed by atoms with Gasteiger partial charge in [0.25, 0.3) is 22.2 Å². The van der Waals surface area contributed by atoms with Gasteiger partial charge in [-0.25, -0.2) is 29.9 Å². The molecule has 6 fully saturated rings. The number of Topliss-reactive ketones (excluding diaryl/α,β-unsaturated/α-hetero) is 2. The second-order valence-corrected chi connectivity index (χ2v) is 29.5. The fourth-order valence-corrected chi connectivity index (χ4v) is 14.7. The summed E-state index contributed by atoms with van der Waals surface area (Å²) in [5.41, 5.74) is -2.86. The number of rotatable bonds is 18. The number of H-pyrrole nitrogens is 4. The molecule has 8 N–H and O–H groups in total. The van der Waals surface area contributed by atoms with Crippen molar-refractivity contribution in [3.05, 3.63) is 103 Å². The van der Waals surface area contributed by atoms with Crippen LogP contribution in [-0.2, 0) is 60.4 Å². The van der Waals surface area contributed by atoms with Crippen LogP contribution in [0.3, 0.4) is 0 Å². The van der Waals surface area contributed by atoms with Crippen molar-refractivity contribution in [3.8, 4) is 24.7 Å². The zero-order valence-corrected chi connectivity index (χ0v) is 63.3. The molecule has 4 bridgehead atoms. The van der Waals surface area contributed by atoms with Crippen molar-refractivity contribution in [1.29, 1.82) is 0 Å². The second kappa shape index (κ2) is 30.0. The summed E-state index contributed by atoms with van der Waals surface area (Å²) in [7, 11) is 0. The molecular weight excluding hydrogens is 1400 g/mol. The highest BCUT2D eigenvalue weighted by molar-refractivity contribution is 5.92. The Morgan fingerprint density at radius 1 is 0.500 bits per heavy atom. The van der Waals surface area contributed by atoms with Crippen LogP contribution >= 0.6 is 0 Å². The van der Waals surface area contributed by atoms with Gasteiger partial charge in [0.05, 0.1) is 25.5 Å². The van der Waals surface area contributed by atoms with Crippen LogP contribution in [-0.4, -0.2) is 158 Å². The predicted molar refractivity (Wildman–Crippen MR) is 394 cm³/mol. The molecule has 2 amide bonds. The SMILES string of the molecule is C#C[C@]1(CC)O[C@@H](n2cnc3c(=O)[nH]c(NC(=O)C(C)C)nc32)[C@@H](O)C1C.C#C[C@]1(CC)O[C@@H](n2cnc3nc(CC(=O)C(C)C)[nH]c(=O)c32)[C@@H](O)C1C.C=C1O[C@H]2C(C)[C@@]1(CC)O[C@H]2n1cnc2c(=O)[nH]c(NC(=O)C(C)C)nc21.C=C1O[C@H]2C(C)[C@@]1(CC)O[C@H]2n1cnc2nc(CC(=O)C(C)C)[nH]c(=O)c21. The van der Waals surface area contributed by atoms with Gasteiger partial charge in [0.1, 0.15) is 94.2 Å². The van der Waals surface area contributed by atoms with Crippen molar-refractivity contribution in [1.82, 2.24) is 78.1 Å². The van der Waals surface area contributed by atoms with Crippen LogP contribution in [0.15, 0.2) is 69.2 Å². The molecule has 34 heteroatoms. The number of aromatic nitrogens is 16.